The molecule has 0 aliphatic carbocycles. The largest absolute Gasteiger partial charge is 0.308 e. The molecule has 0 saturated carbocycles. The summed E-state index contributed by atoms with van der Waals surface area (Å²) in [6.45, 7) is 0. The topological polar surface area (TPSA) is 4.41 Å². The minimum absolute atomic E-state index is 1.22. The van der Waals surface area contributed by atoms with E-state index in [1.807, 2.05) is 11.3 Å². The first kappa shape index (κ1) is 30.4. The zero-order valence-corrected chi connectivity index (χ0v) is 32.6. The first-order valence-corrected chi connectivity index (χ1v) is 22.7. The molecule has 0 unspecified atom stereocenters. The van der Waals surface area contributed by atoms with Crippen molar-refractivity contribution in [1.29, 1.82) is 0 Å². The van der Waals surface area contributed by atoms with Gasteiger partial charge < -0.3 is 4.40 Å². The third-order valence-electron chi connectivity index (χ3n) is 13.4. The highest BCUT2D eigenvalue weighted by molar-refractivity contribution is 7.26. The van der Waals surface area contributed by atoms with Crippen LogP contribution in [0.15, 0.2) is 188 Å². The van der Waals surface area contributed by atoms with Crippen LogP contribution < -0.4 is 20.7 Å². The summed E-state index contributed by atoms with van der Waals surface area (Å²) in [6, 6.07) is 72.0. The van der Waals surface area contributed by atoms with Crippen LogP contribution in [0.1, 0.15) is 0 Å². The van der Waals surface area contributed by atoms with E-state index in [-0.39, 0.29) is 0 Å². The van der Waals surface area contributed by atoms with Crippen LogP contribution in [0.3, 0.4) is 0 Å². The van der Waals surface area contributed by atoms with Gasteiger partial charge in [-0.3, -0.25) is 0 Å². The van der Waals surface area contributed by atoms with Crippen LogP contribution in [0.5, 0.6) is 0 Å². The molecule has 0 saturated heterocycles. The Bertz CT molecular complexity index is 3710. The van der Waals surface area contributed by atoms with E-state index < -0.39 is 8.07 Å². The molecule has 3 heteroatoms. The highest BCUT2D eigenvalue weighted by Gasteiger charge is 2.53. The third kappa shape index (κ3) is 3.66. The van der Waals surface area contributed by atoms with Crippen molar-refractivity contribution in [3.8, 4) is 33.4 Å². The molecule has 0 radical (unpaired) electrons. The number of benzene rings is 9. The van der Waals surface area contributed by atoms with Crippen LogP contribution in [0.25, 0.3) is 102 Å². The van der Waals surface area contributed by atoms with Crippen LogP contribution >= 0.6 is 11.3 Å². The van der Waals surface area contributed by atoms with Gasteiger partial charge in [-0.2, -0.15) is 0 Å². The summed E-state index contributed by atoms with van der Waals surface area (Å²) in [5.74, 6) is 0. The van der Waals surface area contributed by atoms with Gasteiger partial charge in [-0.25, -0.2) is 0 Å². The predicted octanol–water partition coefficient (Wildman–Crippen LogP) is 11.9. The molecular weight excluding hydrogens is 723 g/mol. The van der Waals surface area contributed by atoms with E-state index in [1.165, 1.54) is 123 Å². The molecule has 0 fully saturated rings. The fourth-order valence-electron chi connectivity index (χ4n) is 11.2. The summed E-state index contributed by atoms with van der Waals surface area (Å²) in [4.78, 5) is 0. The Kier molecular flexibility index (Phi) is 5.74. The Morgan fingerprint density at radius 2 is 0.807 bits per heavy atom. The number of thiophene rings is 1. The smallest absolute Gasteiger partial charge is 0.182 e. The number of fused-ring (bicyclic) bond motifs is 17. The van der Waals surface area contributed by atoms with E-state index in [4.69, 9.17) is 0 Å². The first-order valence-electron chi connectivity index (χ1n) is 19.8. The van der Waals surface area contributed by atoms with Gasteiger partial charge in [0.25, 0.3) is 0 Å². The molecule has 2 aliphatic rings. The van der Waals surface area contributed by atoms with Gasteiger partial charge >= 0.3 is 0 Å². The van der Waals surface area contributed by atoms with E-state index in [2.05, 4.69) is 192 Å². The van der Waals surface area contributed by atoms with Gasteiger partial charge in [0.2, 0.25) is 0 Å². The molecule has 0 atom stereocenters. The molecule has 0 bridgehead atoms. The quantitative estimate of drug-likeness (QED) is 0.147. The number of nitrogens with zero attached hydrogens (tertiary/aromatic N) is 1. The third-order valence-corrected chi connectivity index (χ3v) is 19.4. The molecule has 1 spiro atoms. The summed E-state index contributed by atoms with van der Waals surface area (Å²) < 4.78 is 5.23. The molecule has 0 N–H and O–H groups in total. The van der Waals surface area contributed by atoms with Gasteiger partial charge in [0, 0.05) is 41.7 Å². The first-order chi connectivity index (χ1) is 28.3. The van der Waals surface area contributed by atoms with Gasteiger partial charge in [0.05, 0.1) is 16.6 Å². The molecule has 14 rings (SSSR count). The highest BCUT2D eigenvalue weighted by Crippen LogP contribution is 2.45. The number of rotatable bonds is 1. The highest BCUT2D eigenvalue weighted by atomic mass is 32.1. The maximum Gasteiger partial charge on any atom is 0.182 e. The van der Waals surface area contributed by atoms with Crippen LogP contribution in [-0.2, 0) is 0 Å². The van der Waals surface area contributed by atoms with Crippen LogP contribution in [0.2, 0.25) is 0 Å². The van der Waals surface area contributed by atoms with Crippen molar-refractivity contribution in [2.75, 3.05) is 0 Å². The van der Waals surface area contributed by atoms with E-state index in [0.717, 1.165) is 0 Å². The molecule has 2 aliphatic heterocycles. The Hall–Kier alpha value is -6.78. The van der Waals surface area contributed by atoms with Gasteiger partial charge in [-0.1, -0.05) is 158 Å². The Balaban J connectivity index is 1.09. The maximum atomic E-state index is 2.57. The van der Waals surface area contributed by atoms with Crippen LogP contribution in [0, 0.1) is 0 Å². The summed E-state index contributed by atoms with van der Waals surface area (Å²) >= 11 is 1.91. The number of para-hydroxylation sites is 2. The minimum atomic E-state index is -2.54. The minimum Gasteiger partial charge on any atom is -0.308 e. The lowest BCUT2D eigenvalue weighted by molar-refractivity contribution is 1.35. The van der Waals surface area contributed by atoms with Crippen molar-refractivity contribution in [2.45, 2.75) is 0 Å². The summed E-state index contributed by atoms with van der Waals surface area (Å²) in [6.07, 6.45) is 0. The second-order valence-corrected chi connectivity index (χ2v) is 20.6. The normalized spacial score (nSPS) is 13.8. The van der Waals surface area contributed by atoms with Crippen molar-refractivity contribution < 1.29 is 0 Å². The molecule has 1 nitrogen and oxygen atoms in total. The van der Waals surface area contributed by atoms with Gasteiger partial charge in [-0.15, -0.1) is 11.3 Å². The Labute approximate surface area is 333 Å². The van der Waals surface area contributed by atoms with Crippen molar-refractivity contribution in [2.24, 2.45) is 0 Å². The van der Waals surface area contributed by atoms with Crippen molar-refractivity contribution in [1.82, 2.24) is 4.40 Å². The van der Waals surface area contributed by atoms with Gasteiger partial charge in [-0.05, 0) is 95.2 Å². The lowest BCUT2D eigenvalue weighted by Crippen LogP contribution is -2.70. The monoisotopic (exact) mass is 753 g/mol. The molecule has 12 aromatic rings. The van der Waals surface area contributed by atoms with E-state index in [9.17, 15) is 0 Å². The molecule has 0 amide bonds. The zero-order chi connectivity index (χ0) is 37.0. The van der Waals surface area contributed by atoms with E-state index >= 15 is 0 Å². The summed E-state index contributed by atoms with van der Waals surface area (Å²) in [7, 11) is -2.54. The molecular formula is C54H31NSSi. The number of aromatic nitrogens is 1. The standard InChI is InChI=1S/C54H31NSSi/c1-5-20-44-34(12-1)39-16-10-21-46-52(39)53-40(17-11-22-47(53)56-46)41-18-9-19-42-43-30-32(27-29-45(43)55(44)54(41)42)33-26-28-38-37-15-4-8-25-50(37)57(51(38)31-33)48-23-6-2-13-35(48)36-14-3-7-24-49(36)57/h1-31H. The van der Waals surface area contributed by atoms with Crippen molar-refractivity contribution in [3.63, 3.8) is 0 Å². The molecule has 262 valence electrons. The lowest BCUT2D eigenvalue weighted by atomic mass is 9.98. The molecule has 5 heterocycles. The lowest BCUT2D eigenvalue weighted by Gasteiger charge is -2.28. The molecule has 3 aromatic heterocycles. The fourth-order valence-corrected chi connectivity index (χ4v) is 18.0. The van der Waals surface area contributed by atoms with Crippen molar-refractivity contribution >= 4 is 109 Å². The Morgan fingerprint density at radius 1 is 0.333 bits per heavy atom. The summed E-state index contributed by atoms with van der Waals surface area (Å²) in [5.41, 5.74) is 11.8. The maximum absolute atomic E-state index is 2.57. The van der Waals surface area contributed by atoms with Gasteiger partial charge in [0.15, 0.2) is 8.07 Å². The number of hydrogen-bond acceptors (Lipinski definition) is 1. The average molecular weight is 754 g/mol. The molecule has 9 aromatic carbocycles. The van der Waals surface area contributed by atoms with E-state index in [0.29, 0.717) is 0 Å². The predicted molar refractivity (Wildman–Crippen MR) is 247 cm³/mol. The average Bonchev–Trinajstić information content (AvgIpc) is 4.00. The number of hydrogen-bond donors (Lipinski definition) is 0. The fraction of sp³-hybridized carbons (Fsp3) is 0. The summed E-state index contributed by atoms with van der Waals surface area (Å²) in [5, 5.41) is 16.5. The van der Waals surface area contributed by atoms with Gasteiger partial charge in [0.1, 0.15) is 0 Å². The second kappa shape index (κ2) is 10.7. The van der Waals surface area contributed by atoms with Crippen molar-refractivity contribution in [3.05, 3.63) is 188 Å². The van der Waals surface area contributed by atoms with Crippen LogP contribution in [-0.4, -0.2) is 12.5 Å². The zero-order valence-electron chi connectivity index (χ0n) is 30.8. The SMILES string of the molecule is c1ccc2c(c1)-c1ccccc1[Si]21c2ccccc2-c2ccc(-c3ccc4c(c3)c3cccc5c6cccc7sc8cccc(c9ccccc9n4c53)c8c76)cc21. The Morgan fingerprint density at radius 3 is 1.49 bits per heavy atom. The van der Waals surface area contributed by atoms with E-state index in [1.54, 1.807) is 0 Å². The molecule has 57 heavy (non-hydrogen) atoms. The second-order valence-electron chi connectivity index (χ2n) is 15.9. The van der Waals surface area contributed by atoms with Crippen LogP contribution in [0.4, 0.5) is 0 Å².